The van der Waals surface area contributed by atoms with Gasteiger partial charge in [-0.25, -0.2) is 18.4 Å². The van der Waals surface area contributed by atoms with Crippen LogP contribution in [0.15, 0.2) is 60.7 Å². The number of carbonyl (C=O) groups is 2. The lowest BCUT2D eigenvalue weighted by atomic mass is 9.96. The van der Waals surface area contributed by atoms with Crippen molar-refractivity contribution in [2.24, 2.45) is 5.92 Å². The fourth-order valence-electron chi connectivity index (χ4n) is 4.12. The topological polar surface area (TPSA) is 55.8 Å². The molecular formula is C22H21F2NO4. The normalized spacial score (nSPS) is 27.7. The molecule has 0 N–H and O–H groups in total. The molecule has 0 radical (unpaired) electrons. The second kappa shape index (κ2) is 8.19. The Morgan fingerprint density at radius 2 is 1.41 bits per heavy atom. The van der Waals surface area contributed by atoms with Crippen molar-refractivity contribution in [2.45, 2.75) is 44.1 Å². The Hall–Kier alpha value is -2.96. The summed E-state index contributed by atoms with van der Waals surface area (Å²) in [5.74, 6) is -1.67. The van der Waals surface area contributed by atoms with Crippen LogP contribution in [0.3, 0.4) is 0 Å². The number of likely N-dealkylation sites (tertiary alicyclic amines) is 1. The Balaban J connectivity index is 1.46. The molecule has 5 atom stereocenters. The molecule has 1 saturated heterocycles. The van der Waals surface area contributed by atoms with Gasteiger partial charge in [0.25, 0.3) is 0 Å². The average molecular weight is 401 g/mol. The van der Waals surface area contributed by atoms with Crippen molar-refractivity contribution in [3.05, 3.63) is 71.8 Å². The summed E-state index contributed by atoms with van der Waals surface area (Å²) in [6.07, 6.45) is -4.39. The molecular weight excluding hydrogens is 380 g/mol. The molecule has 1 aliphatic carbocycles. The first-order chi connectivity index (χ1) is 14.1. The van der Waals surface area contributed by atoms with Crippen molar-refractivity contribution in [3.8, 4) is 0 Å². The highest BCUT2D eigenvalue weighted by molar-refractivity contribution is 5.83. The van der Waals surface area contributed by atoms with Crippen LogP contribution in [0.1, 0.15) is 17.5 Å². The Kier molecular flexibility index (Phi) is 5.47. The number of alkyl halides is 2. The molecule has 2 aromatic rings. The quantitative estimate of drug-likeness (QED) is 0.715. The highest BCUT2D eigenvalue weighted by atomic mass is 19.2. The Morgan fingerprint density at radius 3 is 2.00 bits per heavy atom. The predicted octanol–water partition coefficient (Wildman–Crippen LogP) is 3.82. The number of hydrogen-bond donors (Lipinski definition) is 0. The third kappa shape index (κ3) is 3.81. The number of fused-ring (bicyclic) bond motifs is 2. The van der Waals surface area contributed by atoms with E-state index in [4.69, 9.17) is 9.47 Å². The molecule has 1 aliphatic heterocycles. The summed E-state index contributed by atoms with van der Waals surface area (Å²) >= 11 is 0. The minimum Gasteiger partial charge on any atom is -0.459 e. The van der Waals surface area contributed by atoms with Gasteiger partial charge in [-0.3, -0.25) is 4.90 Å². The summed E-state index contributed by atoms with van der Waals surface area (Å²) in [6.45, 7) is -0.0220. The number of nitrogens with zero attached hydrogens (tertiary/aromatic N) is 1. The molecule has 0 unspecified atom stereocenters. The average Bonchev–Trinajstić information content (AvgIpc) is 3.28. The van der Waals surface area contributed by atoms with Gasteiger partial charge in [0, 0.05) is 5.92 Å². The van der Waals surface area contributed by atoms with Crippen molar-refractivity contribution in [1.29, 1.82) is 0 Å². The van der Waals surface area contributed by atoms with Gasteiger partial charge in [-0.05, 0) is 17.5 Å². The summed E-state index contributed by atoms with van der Waals surface area (Å²) in [5.41, 5.74) is 1.52. The highest BCUT2D eigenvalue weighted by Crippen LogP contribution is 2.46. The van der Waals surface area contributed by atoms with Crippen molar-refractivity contribution < 1.29 is 27.8 Å². The van der Waals surface area contributed by atoms with E-state index in [9.17, 15) is 18.4 Å². The van der Waals surface area contributed by atoms with E-state index in [1.54, 1.807) is 48.5 Å². The highest BCUT2D eigenvalue weighted by Gasteiger charge is 2.63. The summed E-state index contributed by atoms with van der Waals surface area (Å²) in [6, 6.07) is 15.8. The first-order valence-corrected chi connectivity index (χ1v) is 9.54. The first-order valence-electron chi connectivity index (χ1n) is 9.54. The smallest absolute Gasteiger partial charge is 0.411 e. The first kappa shape index (κ1) is 19.4. The monoisotopic (exact) mass is 401 g/mol. The number of ether oxygens (including phenoxy) is 2. The molecule has 5 nitrogen and oxygen atoms in total. The maximum atomic E-state index is 14.3. The Bertz CT molecular complexity index is 792. The molecule has 1 heterocycles. The second-order valence-corrected chi connectivity index (χ2v) is 7.34. The fraction of sp³-hybridized carbons (Fsp3) is 0.364. The van der Waals surface area contributed by atoms with E-state index in [2.05, 4.69) is 0 Å². The Labute approximate surface area is 167 Å². The van der Waals surface area contributed by atoms with Crippen LogP contribution < -0.4 is 0 Å². The van der Waals surface area contributed by atoms with Crippen LogP contribution in [-0.4, -0.2) is 41.4 Å². The summed E-state index contributed by atoms with van der Waals surface area (Å²) in [7, 11) is 0. The number of hydrogen-bond acceptors (Lipinski definition) is 4. The number of esters is 1. The van der Waals surface area contributed by atoms with E-state index in [0.29, 0.717) is 0 Å². The molecule has 0 spiro atoms. The number of amides is 1. The van der Waals surface area contributed by atoms with Crippen molar-refractivity contribution in [1.82, 2.24) is 4.90 Å². The van der Waals surface area contributed by atoms with E-state index >= 15 is 0 Å². The summed E-state index contributed by atoms with van der Waals surface area (Å²) < 4.78 is 39.2. The van der Waals surface area contributed by atoms with Crippen LogP contribution in [0.4, 0.5) is 13.6 Å². The molecule has 152 valence electrons. The third-order valence-electron chi connectivity index (χ3n) is 5.54. The zero-order valence-corrected chi connectivity index (χ0v) is 15.6. The van der Waals surface area contributed by atoms with Crippen molar-refractivity contribution in [2.75, 3.05) is 0 Å². The third-order valence-corrected chi connectivity index (χ3v) is 5.54. The Morgan fingerprint density at radius 1 is 0.862 bits per heavy atom. The van der Waals surface area contributed by atoms with Gasteiger partial charge >= 0.3 is 12.1 Å². The van der Waals surface area contributed by atoms with Crippen LogP contribution in [-0.2, 0) is 27.5 Å². The van der Waals surface area contributed by atoms with E-state index < -0.39 is 42.4 Å². The van der Waals surface area contributed by atoms with E-state index in [1.807, 2.05) is 12.1 Å². The molecule has 1 amide bonds. The zero-order chi connectivity index (χ0) is 20.4. The van der Waals surface area contributed by atoms with E-state index in [-0.39, 0.29) is 19.6 Å². The van der Waals surface area contributed by atoms with Gasteiger partial charge < -0.3 is 9.47 Å². The predicted molar refractivity (Wildman–Crippen MR) is 100 cm³/mol. The molecule has 7 heteroatoms. The number of rotatable bonds is 5. The number of piperidine rings is 1. The maximum absolute atomic E-state index is 14.3. The number of carbonyl (C=O) groups excluding carboxylic acids is 2. The lowest BCUT2D eigenvalue weighted by molar-refractivity contribution is -0.155. The SMILES string of the molecule is O=C(OCc1ccccc1)[C@@H]1[C@@H]2C[C@H]([C@H](F)[C@@H]2F)N1C(=O)OCc1ccccc1. The van der Waals surface area contributed by atoms with Crippen LogP contribution >= 0.6 is 0 Å². The molecule has 2 aromatic carbocycles. The molecule has 0 aromatic heterocycles. The minimum atomic E-state index is -1.83. The minimum absolute atomic E-state index is 0.00350. The van der Waals surface area contributed by atoms with Crippen LogP contribution in [0.25, 0.3) is 0 Å². The summed E-state index contributed by atoms with van der Waals surface area (Å²) in [5, 5.41) is 0. The molecule has 2 bridgehead atoms. The van der Waals surface area contributed by atoms with Gasteiger partial charge in [-0.1, -0.05) is 60.7 Å². The van der Waals surface area contributed by atoms with Gasteiger partial charge in [0.2, 0.25) is 0 Å². The lowest BCUT2D eigenvalue weighted by Crippen LogP contribution is -2.56. The van der Waals surface area contributed by atoms with Gasteiger partial charge in [0.15, 0.2) is 6.17 Å². The van der Waals surface area contributed by atoms with Crippen molar-refractivity contribution in [3.63, 3.8) is 0 Å². The molecule has 4 rings (SSSR count). The standard InChI is InChI=1S/C22H21F2NO4/c23-18-16-11-17(19(18)24)25(22(27)29-13-15-9-5-2-6-10-15)20(16)21(26)28-12-14-7-3-1-4-8-14/h1-10,16-20H,11-13H2/t16-,17-,18-,19+,20+/m1/s1. The van der Waals surface area contributed by atoms with Gasteiger partial charge in [-0.15, -0.1) is 0 Å². The van der Waals surface area contributed by atoms with Gasteiger partial charge in [0.05, 0.1) is 6.04 Å². The van der Waals surface area contributed by atoms with Crippen LogP contribution in [0, 0.1) is 5.92 Å². The maximum Gasteiger partial charge on any atom is 0.411 e. The van der Waals surface area contributed by atoms with Crippen LogP contribution in [0.2, 0.25) is 0 Å². The van der Waals surface area contributed by atoms with Crippen molar-refractivity contribution >= 4 is 12.1 Å². The molecule has 2 aliphatic rings. The fourth-order valence-corrected chi connectivity index (χ4v) is 4.12. The second-order valence-electron chi connectivity index (χ2n) is 7.34. The lowest BCUT2D eigenvalue weighted by Gasteiger charge is -2.36. The number of benzene rings is 2. The van der Waals surface area contributed by atoms with E-state index in [0.717, 1.165) is 16.0 Å². The number of halogens is 2. The largest absolute Gasteiger partial charge is 0.459 e. The molecule has 1 saturated carbocycles. The summed E-state index contributed by atoms with van der Waals surface area (Å²) in [4.78, 5) is 26.4. The molecule has 29 heavy (non-hydrogen) atoms. The van der Waals surface area contributed by atoms with E-state index in [1.165, 1.54) is 0 Å². The van der Waals surface area contributed by atoms with Crippen LogP contribution in [0.5, 0.6) is 0 Å². The van der Waals surface area contributed by atoms with Gasteiger partial charge in [0.1, 0.15) is 25.4 Å². The zero-order valence-electron chi connectivity index (χ0n) is 15.6. The molecule has 2 fully saturated rings. The van der Waals surface area contributed by atoms with Gasteiger partial charge in [-0.2, -0.15) is 0 Å².